The molecule has 0 spiro atoms. The van der Waals surface area contributed by atoms with E-state index in [-0.39, 0.29) is 11.9 Å². The number of likely N-dealkylation sites (N-methyl/N-ethyl adjacent to an activating group) is 1. The van der Waals surface area contributed by atoms with Crippen molar-refractivity contribution in [3.8, 4) is 0 Å². The fourth-order valence-corrected chi connectivity index (χ4v) is 3.48. The molecule has 1 aliphatic heterocycles. The number of aryl methyl sites for hydroxylation is 2. The summed E-state index contributed by atoms with van der Waals surface area (Å²) in [4.78, 5) is 23.3. The van der Waals surface area contributed by atoms with Gasteiger partial charge in [0.05, 0.1) is 6.42 Å². The largest absolute Gasteiger partial charge is 0.366 e. The normalized spacial score (nSPS) is 18.4. The van der Waals surface area contributed by atoms with Crippen LogP contribution in [0.5, 0.6) is 0 Å². The van der Waals surface area contributed by atoms with Crippen LogP contribution in [0.25, 0.3) is 5.78 Å². The number of likely N-dealkylation sites (tertiary alicyclic amines) is 1. The lowest BCUT2D eigenvalue weighted by Gasteiger charge is -2.23. The molecule has 2 aromatic heterocycles. The number of carbonyl (C=O) groups excluding carboxylic acids is 1. The number of anilines is 1. The molecule has 3 N–H and O–H groups in total. The first-order chi connectivity index (χ1) is 11.5. The molecule has 1 aliphatic rings. The van der Waals surface area contributed by atoms with Crippen molar-refractivity contribution in [2.75, 3.05) is 25.4 Å². The van der Waals surface area contributed by atoms with Crippen LogP contribution in [0.4, 0.5) is 5.95 Å². The molecule has 0 unspecified atom stereocenters. The van der Waals surface area contributed by atoms with Crippen molar-refractivity contribution in [1.29, 1.82) is 0 Å². The van der Waals surface area contributed by atoms with Gasteiger partial charge in [-0.05, 0) is 39.8 Å². The molecule has 8 nitrogen and oxygen atoms in total. The van der Waals surface area contributed by atoms with E-state index >= 15 is 0 Å². The summed E-state index contributed by atoms with van der Waals surface area (Å²) in [5.41, 5.74) is 8.16. The standard InChI is InChI=1S/C16H25N7O/c1-4-22-7-5-6-12(22)9-18-14(24)8-13-10(2)19-16-20-15(17)21-23(16)11(13)3/h12H,4-9H2,1-3H3,(H2,17,21)(H,18,24)/t12-/m0/s1. The first-order valence-electron chi connectivity index (χ1n) is 8.48. The monoisotopic (exact) mass is 331 g/mol. The van der Waals surface area contributed by atoms with Crippen LogP contribution in [-0.2, 0) is 11.2 Å². The van der Waals surface area contributed by atoms with Crippen molar-refractivity contribution in [1.82, 2.24) is 29.8 Å². The van der Waals surface area contributed by atoms with Gasteiger partial charge in [-0.3, -0.25) is 9.69 Å². The second kappa shape index (κ2) is 6.72. The van der Waals surface area contributed by atoms with E-state index in [0.717, 1.165) is 36.5 Å². The van der Waals surface area contributed by atoms with Gasteiger partial charge in [-0.25, -0.2) is 4.98 Å². The van der Waals surface area contributed by atoms with E-state index < -0.39 is 0 Å². The topological polar surface area (TPSA) is 101 Å². The van der Waals surface area contributed by atoms with E-state index in [1.165, 1.54) is 6.42 Å². The highest BCUT2D eigenvalue weighted by Gasteiger charge is 2.23. The number of nitrogens with zero attached hydrogens (tertiary/aromatic N) is 5. The zero-order valence-electron chi connectivity index (χ0n) is 14.5. The molecule has 1 amide bonds. The maximum atomic E-state index is 12.4. The van der Waals surface area contributed by atoms with Crippen molar-refractivity contribution in [2.24, 2.45) is 0 Å². The number of fused-ring (bicyclic) bond motifs is 1. The zero-order valence-corrected chi connectivity index (χ0v) is 14.5. The predicted octanol–water partition coefficient (Wildman–Crippen LogP) is 0.466. The molecule has 130 valence electrons. The molecule has 1 fully saturated rings. The number of nitrogens with two attached hydrogens (primary N) is 1. The summed E-state index contributed by atoms with van der Waals surface area (Å²) in [5, 5.41) is 7.20. The maximum Gasteiger partial charge on any atom is 0.254 e. The minimum Gasteiger partial charge on any atom is -0.366 e. The van der Waals surface area contributed by atoms with E-state index in [0.29, 0.717) is 24.8 Å². The summed E-state index contributed by atoms with van der Waals surface area (Å²) in [7, 11) is 0. The molecule has 3 heterocycles. The molecule has 1 atom stereocenters. The Morgan fingerprint density at radius 3 is 2.92 bits per heavy atom. The van der Waals surface area contributed by atoms with E-state index in [9.17, 15) is 4.79 Å². The van der Waals surface area contributed by atoms with Crippen LogP contribution in [0.2, 0.25) is 0 Å². The van der Waals surface area contributed by atoms with Gasteiger partial charge in [0.2, 0.25) is 11.9 Å². The van der Waals surface area contributed by atoms with Gasteiger partial charge in [0.15, 0.2) is 0 Å². The number of hydrogen-bond donors (Lipinski definition) is 2. The Kier molecular flexibility index (Phi) is 4.66. The van der Waals surface area contributed by atoms with Crippen molar-refractivity contribution in [2.45, 2.75) is 46.1 Å². The molecule has 0 radical (unpaired) electrons. The van der Waals surface area contributed by atoms with E-state index in [2.05, 4.69) is 32.2 Å². The third-order valence-corrected chi connectivity index (χ3v) is 4.84. The van der Waals surface area contributed by atoms with Crippen LogP contribution >= 0.6 is 0 Å². The third kappa shape index (κ3) is 3.19. The van der Waals surface area contributed by atoms with Crippen LogP contribution in [0.1, 0.15) is 36.7 Å². The first-order valence-corrected chi connectivity index (χ1v) is 8.48. The molecule has 1 saturated heterocycles. The average molecular weight is 331 g/mol. The lowest BCUT2D eigenvalue weighted by atomic mass is 10.1. The van der Waals surface area contributed by atoms with E-state index in [1.807, 2.05) is 13.8 Å². The quantitative estimate of drug-likeness (QED) is 0.826. The number of rotatable bonds is 5. The third-order valence-electron chi connectivity index (χ3n) is 4.84. The van der Waals surface area contributed by atoms with Gasteiger partial charge in [-0.15, -0.1) is 5.10 Å². The summed E-state index contributed by atoms with van der Waals surface area (Å²) in [6, 6.07) is 0.455. The Hall–Kier alpha value is -2.22. The average Bonchev–Trinajstić information content (AvgIpc) is 3.15. The van der Waals surface area contributed by atoms with Crippen LogP contribution in [0.15, 0.2) is 0 Å². The van der Waals surface area contributed by atoms with Gasteiger partial charge in [-0.1, -0.05) is 6.92 Å². The minimum atomic E-state index is 0.0124. The van der Waals surface area contributed by atoms with Crippen molar-refractivity contribution in [3.63, 3.8) is 0 Å². The molecule has 24 heavy (non-hydrogen) atoms. The number of nitrogen functional groups attached to an aromatic ring is 1. The second-order valence-electron chi connectivity index (χ2n) is 6.35. The summed E-state index contributed by atoms with van der Waals surface area (Å²) in [5.74, 6) is 0.669. The van der Waals surface area contributed by atoms with Crippen molar-refractivity contribution in [3.05, 3.63) is 17.0 Å². The highest BCUT2D eigenvalue weighted by atomic mass is 16.1. The number of aromatic nitrogens is 4. The molecule has 0 aliphatic carbocycles. The first kappa shape index (κ1) is 16.6. The highest BCUT2D eigenvalue weighted by molar-refractivity contribution is 5.79. The molecular formula is C16H25N7O. The van der Waals surface area contributed by atoms with Crippen LogP contribution in [0, 0.1) is 13.8 Å². The van der Waals surface area contributed by atoms with Crippen LogP contribution in [-0.4, -0.2) is 56.1 Å². The lowest BCUT2D eigenvalue weighted by molar-refractivity contribution is -0.120. The molecule has 0 bridgehead atoms. The van der Waals surface area contributed by atoms with Crippen molar-refractivity contribution >= 4 is 17.6 Å². The number of amides is 1. The predicted molar refractivity (Wildman–Crippen MR) is 91.7 cm³/mol. The maximum absolute atomic E-state index is 12.4. The summed E-state index contributed by atoms with van der Waals surface area (Å²) in [6.45, 7) is 8.83. The molecular weight excluding hydrogens is 306 g/mol. The molecule has 0 aromatic carbocycles. The van der Waals surface area contributed by atoms with Gasteiger partial charge in [0.25, 0.3) is 5.78 Å². The van der Waals surface area contributed by atoms with Crippen LogP contribution in [0.3, 0.4) is 0 Å². The Labute approximate surface area is 141 Å². The number of hydrogen-bond acceptors (Lipinski definition) is 6. The lowest BCUT2D eigenvalue weighted by Crippen LogP contribution is -2.40. The number of nitrogens with one attached hydrogen (secondary N) is 1. The molecule has 2 aromatic rings. The number of carbonyl (C=O) groups is 1. The minimum absolute atomic E-state index is 0.0124. The van der Waals surface area contributed by atoms with Crippen molar-refractivity contribution < 1.29 is 4.79 Å². The Morgan fingerprint density at radius 2 is 2.17 bits per heavy atom. The van der Waals surface area contributed by atoms with Gasteiger partial charge in [0, 0.05) is 29.5 Å². The Morgan fingerprint density at radius 1 is 1.38 bits per heavy atom. The van der Waals surface area contributed by atoms with Crippen LogP contribution < -0.4 is 11.1 Å². The molecule has 0 saturated carbocycles. The summed E-state index contributed by atoms with van der Waals surface area (Å²) in [6.07, 6.45) is 2.65. The summed E-state index contributed by atoms with van der Waals surface area (Å²) < 4.78 is 1.60. The fourth-order valence-electron chi connectivity index (χ4n) is 3.48. The molecule has 8 heteroatoms. The Balaban J connectivity index is 1.69. The van der Waals surface area contributed by atoms with Gasteiger partial charge in [-0.2, -0.15) is 9.50 Å². The summed E-state index contributed by atoms with van der Waals surface area (Å²) >= 11 is 0. The van der Waals surface area contributed by atoms with Gasteiger partial charge < -0.3 is 11.1 Å². The fraction of sp³-hybridized carbons (Fsp3) is 0.625. The highest BCUT2D eigenvalue weighted by Crippen LogP contribution is 2.17. The second-order valence-corrected chi connectivity index (χ2v) is 6.35. The van der Waals surface area contributed by atoms with E-state index in [1.54, 1.807) is 4.52 Å². The van der Waals surface area contributed by atoms with Gasteiger partial charge in [0.1, 0.15) is 0 Å². The van der Waals surface area contributed by atoms with E-state index in [4.69, 9.17) is 5.73 Å². The zero-order chi connectivity index (χ0) is 17.3. The SMILES string of the molecule is CCN1CCC[C@H]1CNC(=O)Cc1c(C)nc2nc(N)nn2c1C. The molecule has 3 rings (SSSR count). The van der Waals surface area contributed by atoms with Gasteiger partial charge >= 0.3 is 0 Å². The Bertz CT molecular complexity index is 754. The smallest absolute Gasteiger partial charge is 0.254 e.